The van der Waals surface area contributed by atoms with E-state index >= 15 is 0 Å². The molecule has 6 heteroatoms. The first-order chi connectivity index (χ1) is 6.90. The van der Waals surface area contributed by atoms with Gasteiger partial charge in [0.25, 0.3) is 0 Å². The lowest BCUT2D eigenvalue weighted by atomic mass is 10.3. The van der Waals surface area contributed by atoms with E-state index in [0.717, 1.165) is 0 Å². The molecule has 0 rings (SSSR count). The molecule has 0 saturated carbocycles. The standard InChI is InChI=1S/C9H18N2O4/c1-6(5-15-4)11(3)9(14)10-7(2)8(12)13/h6-7H,5H2,1-4H3,(H,10,14)(H,12,13). The van der Waals surface area contributed by atoms with E-state index in [4.69, 9.17) is 9.84 Å². The van der Waals surface area contributed by atoms with Crippen LogP contribution >= 0.6 is 0 Å². The summed E-state index contributed by atoms with van der Waals surface area (Å²) in [5.41, 5.74) is 0. The van der Waals surface area contributed by atoms with Crippen LogP contribution in [0.25, 0.3) is 0 Å². The lowest BCUT2D eigenvalue weighted by Crippen LogP contribution is -2.49. The zero-order chi connectivity index (χ0) is 12.0. The Morgan fingerprint density at radius 3 is 2.40 bits per heavy atom. The average Bonchev–Trinajstić information content (AvgIpc) is 2.16. The van der Waals surface area contributed by atoms with Gasteiger partial charge in [-0.25, -0.2) is 4.79 Å². The molecular weight excluding hydrogens is 200 g/mol. The number of aliphatic carboxylic acids is 1. The number of carboxylic acid groups (broad SMARTS) is 1. The minimum atomic E-state index is -1.06. The fraction of sp³-hybridized carbons (Fsp3) is 0.778. The van der Waals surface area contributed by atoms with Crippen LogP contribution in [0, 0.1) is 0 Å². The van der Waals surface area contributed by atoms with Gasteiger partial charge in [-0.15, -0.1) is 0 Å². The molecule has 0 aromatic carbocycles. The fourth-order valence-electron chi connectivity index (χ4n) is 0.902. The summed E-state index contributed by atoms with van der Waals surface area (Å²) in [4.78, 5) is 23.4. The maximum Gasteiger partial charge on any atom is 0.325 e. The SMILES string of the molecule is COCC(C)N(C)C(=O)NC(C)C(=O)O. The molecule has 0 spiro atoms. The number of ether oxygens (including phenoxy) is 1. The molecule has 0 saturated heterocycles. The quantitative estimate of drug-likeness (QED) is 0.687. The maximum absolute atomic E-state index is 11.5. The van der Waals surface area contributed by atoms with Crippen LogP contribution < -0.4 is 5.32 Å². The van der Waals surface area contributed by atoms with Crippen LogP contribution in [0.1, 0.15) is 13.8 Å². The number of carbonyl (C=O) groups is 2. The lowest BCUT2D eigenvalue weighted by molar-refractivity contribution is -0.138. The highest BCUT2D eigenvalue weighted by atomic mass is 16.5. The van der Waals surface area contributed by atoms with Gasteiger partial charge >= 0.3 is 12.0 Å². The van der Waals surface area contributed by atoms with E-state index in [0.29, 0.717) is 6.61 Å². The minimum Gasteiger partial charge on any atom is -0.480 e. The third-order valence-corrected chi connectivity index (χ3v) is 2.10. The Morgan fingerprint density at radius 2 is 2.00 bits per heavy atom. The summed E-state index contributed by atoms with van der Waals surface area (Å²) < 4.78 is 4.89. The van der Waals surface area contributed by atoms with Crippen molar-refractivity contribution in [2.24, 2.45) is 0 Å². The van der Waals surface area contributed by atoms with Gasteiger partial charge in [-0.3, -0.25) is 4.79 Å². The van der Waals surface area contributed by atoms with Crippen LogP contribution in [0.4, 0.5) is 4.79 Å². The number of nitrogens with one attached hydrogen (secondary N) is 1. The Balaban J connectivity index is 4.14. The summed E-state index contributed by atoms with van der Waals surface area (Å²) in [7, 11) is 3.13. The molecule has 2 amide bonds. The number of nitrogens with zero attached hydrogens (tertiary/aromatic N) is 1. The average molecular weight is 218 g/mol. The number of methoxy groups -OCH3 is 1. The van der Waals surface area contributed by atoms with Crippen molar-refractivity contribution in [1.82, 2.24) is 10.2 Å². The smallest absolute Gasteiger partial charge is 0.325 e. The molecule has 0 heterocycles. The summed E-state index contributed by atoms with van der Waals surface area (Å²) in [6.07, 6.45) is 0. The first-order valence-electron chi connectivity index (χ1n) is 4.65. The van der Waals surface area contributed by atoms with Crippen LogP contribution in [-0.2, 0) is 9.53 Å². The maximum atomic E-state index is 11.5. The minimum absolute atomic E-state index is 0.101. The van der Waals surface area contributed by atoms with Gasteiger partial charge < -0.3 is 20.1 Å². The Hall–Kier alpha value is -1.30. The number of hydrogen-bond acceptors (Lipinski definition) is 3. The molecule has 15 heavy (non-hydrogen) atoms. The lowest BCUT2D eigenvalue weighted by Gasteiger charge is -2.25. The predicted molar refractivity (Wildman–Crippen MR) is 54.7 cm³/mol. The second-order valence-electron chi connectivity index (χ2n) is 3.42. The van der Waals surface area contributed by atoms with E-state index in [2.05, 4.69) is 5.32 Å². The third kappa shape index (κ3) is 4.64. The number of carbonyl (C=O) groups excluding carboxylic acids is 1. The van der Waals surface area contributed by atoms with Crippen LogP contribution in [0.15, 0.2) is 0 Å². The molecule has 88 valence electrons. The van der Waals surface area contributed by atoms with E-state index in [1.54, 1.807) is 14.2 Å². The normalized spacial score (nSPS) is 14.1. The topological polar surface area (TPSA) is 78.9 Å². The van der Waals surface area contributed by atoms with Gasteiger partial charge in [0.15, 0.2) is 0 Å². The molecule has 0 aliphatic carbocycles. The number of hydrogen-bond donors (Lipinski definition) is 2. The zero-order valence-corrected chi connectivity index (χ0v) is 9.48. The molecule has 0 bridgehead atoms. The molecule has 2 atom stereocenters. The van der Waals surface area contributed by atoms with Crippen molar-refractivity contribution in [2.45, 2.75) is 25.9 Å². The van der Waals surface area contributed by atoms with Crippen molar-refractivity contribution in [1.29, 1.82) is 0 Å². The molecule has 0 radical (unpaired) electrons. The first kappa shape index (κ1) is 13.7. The molecular formula is C9H18N2O4. The Labute approximate surface area is 89.2 Å². The summed E-state index contributed by atoms with van der Waals surface area (Å²) in [6, 6.07) is -1.42. The summed E-state index contributed by atoms with van der Waals surface area (Å²) in [5.74, 6) is -1.06. The molecule has 0 aliphatic heterocycles. The predicted octanol–water partition coefficient (Wildman–Crippen LogP) is 0.136. The van der Waals surface area contributed by atoms with E-state index in [-0.39, 0.29) is 6.04 Å². The van der Waals surface area contributed by atoms with Gasteiger partial charge in [-0.1, -0.05) is 0 Å². The first-order valence-corrected chi connectivity index (χ1v) is 4.65. The van der Waals surface area contributed by atoms with Crippen LogP contribution in [0.5, 0.6) is 0 Å². The van der Waals surface area contributed by atoms with Gasteiger partial charge in [-0.2, -0.15) is 0 Å². The van der Waals surface area contributed by atoms with Crippen molar-refractivity contribution >= 4 is 12.0 Å². The number of amides is 2. The molecule has 0 aromatic heterocycles. The molecule has 0 aliphatic rings. The Kier molecular flexibility index (Phi) is 5.69. The van der Waals surface area contributed by atoms with Crippen molar-refractivity contribution < 1.29 is 19.4 Å². The largest absolute Gasteiger partial charge is 0.480 e. The highest BCUT2D eigenvalue weighted by molar-refractivity contribution is 5.82. The second kappa shape index (κ2) is 6.23. The monoisotopic (exact) mass is 218 g/mol. The molecule has 6 nitrogen and oxygen atoms in total. The van der Waals surface area contributed by atoms with Gasteiger partial charge in [-0.05, 0) is 13.8 Å². The van der Waals surface area contributed by atoms with Crippen LogP contribution in [0.3, 0.4) is 0 Å². The van der Waals surface area contributed by atoms with Crippen molar-refractivity contribution in [3.63, 3.8) is 0 Å². The Morgan fingerprint density at radius 1 is 1.47 bits per heavy atom. The number of likely N-dealkylation sites (N-methyl/N-ethyl adjacent to an activating group) is 1. The number of carboxylic acids is 1. The highest BCUT2D eigenvalue weighted by Gasteiger charge is 2.19. The number of rotatable bonds is 5. The van der Waals surface area contributed by atoms with E-state index in [1.807, 2.05) is 6.92 Å². The Bertz CT molecular complexity index is 232. The fourth-order valence-corrected chi connectivity index (χ4v) is 0.902. The van der Waals surface area contributed by atoms with Gasteiger partial charge in [0.1, 0.15) is 6.04 Å². The van der Waals surface area contributed by atoms with E-state index in [9.17, 15) is 9.59 Å². The number of urea groups is 1. The van der Waals surface area contributed by atoms with E-state index in [1.165, 1.54) is 11.8 Å². The second-order valence-corrected chi connectivity index (χ2v) is 3.42. The van der Waals surface area contributed by atoms with Gasteiger partial charge in [0.2, 0.25) is 0 Å². The van der Waals surface area contributed by atoms with Crippen molar-refractivity contribution in [3.05, 3.63) is 0 Å². The molecule has 2 N–H and O–H groups in total. The summed E-state index contributed by atoms with van der Waals surface area (Å²) in [5, 5.41) is 10.9. The van der Waals surface area contributed by atoms with Crippen LogP contribution in [0.2, 0.25) is 0 Å². The van der Waals surface area contributed by atoms with Gasteiger partial charge in [0, 0.05) is 14.2 Å². The summed E-state index contributed by atoms with van der Waals surface area (Å²) in [6.45, 7) is 3.63. The molecule has 2 unspecified atom stereocenters. The van der Waals surface area contributed by atoms with Crippen molar-refractivity contribution in [2.75, 3.05) is 20.8 Å². The van der Waals surface area contributed by atoms with E-state index < -0.39 is 18.0 Å². The molecule has 0 aromatic rings. The van der Waals surface area contributed by atoms with Gasteiger partial charge in [0.05, 0.1) is 12.6 Å². The molecule has 0 fully saturated rings. The van der Waals surface area contributed by atoms with Crippen molar-refractivity contribution in [3.8, 4) is 0 Å². The third-order valence-electron chi connectivity index (χ3n) is 2.10. The summed E-state index contributed by atoms with van der Waals surface area (Å²) >= 11 is 0. The van der Waals surface area contributed by atoms with Crippen LogP contribution in [-0.4, -0.2) is 54.9 Å². The highest BCUT2D eigenvalue weighted by Crippen LogP contribution is 1.97. The zero-order valence-electron chi connectivity index (χ0n) is 9.48.